The Morgan fingerprint density at radius 1 is 1.14 bits per heavy atom. The van der Waals surface area contributed by atoms with Gasteiger partial charge in [-0.1, -0.05) is 0 Å². The number of halogens is 4. The van der Waals surface area contributed by atoms with Gasteiger partial charge in [0.15, 0.2) is 0 Å². The first-order chi connectivity index (χ1) is 9.04. The number of rotatable bonds is 8. The van der Waals surface area contributed by atoms with Crippen LogP contribution in [0.15, 0.2) is 21.1 Å². The Morgan fingerprint density at radius 2 is 1.71 bits per heavy atom. The first kappa shape index (κ1) is 23.7. The zero-order valence-corrected chi connectivity index (χ0v) is 17.4. The van der Waals surface area contributed by atoms with E-state index in [4.69, 9.17) is 4.74 Å². The van der Waals surface area contributed by atoms with Crippen molar-refractivity contribution in [3.63, 3.8) is 0 Å². The van der Waals surface area contributed by atoms with Crippen molar-refractivity contribution in [2.75, 3.05) is 33.8 Å². The molecule has 0 radical (unpaired) electrons. The van der Waals surface area contributed by atoms with Gasteiger partial charge in [-0.2, -0.15) is 0 Å². The molecular formula is C14H24Br2Cl2N2O. The third-order valence-electron chi connectivity index (χ3n) is 2.63. The fourth-order valence-corrected chi connectivity index (χ4v) is 3.26. The average molecular weight is 467 g/mol. The summed E-state index contributed by atoms with van der Waals surface area (Å²) in [5, 5.41) is 3.45. The monoisotopic (exact) mass is 464 g/mol. The van der Waals surface area contributed by atoms with Gasteiger partial charge >= 0.3 is 0 Å². The van der Waals surface area contributed by atoms with Crippen molar-refractivity contribution in [3.05, 3.63) is 26.6 Å². The molecule has 21 heavy (non-hydrogen) atoms. The molecule has 0 aliphatic carbocycles. The molecule has 1 N–H and O–H groups in total. The smallest absolute Gasteiger partial charge is 0.147 e. The summed E-state index contributed by atoms with van der Waals surface area (Å²) in [6, 6.07) is 4.21. The summed E-state index contributed by atoms with van der Waals surface area (Å²) < 4.78 is 7.56. The second kappa shape index (κ2) is 13.0. The predicted octanol–water partition coefficient (Wildman–Crippen LogP) is 4.50. The predicted molar refractivity (Wildman–Crippen MR) is 102 cm³/mol. The minimum atomic E-state index is 0. The zero-order chi connectivity index (χ0) is 14.3. The maximum absolute atomic E-state index is 5.57. The molecule has 0 aliphatic rings. The van der Waals surface area contributed by atoms with E-state index in [1.165, 1.54) is 5.56 Å². The lowest BCUT2D eigenvalue weighted by Gasteiger charge is -2.12. The van der Waals surface area contributed by atoms with Crippen LogP contribution in [0, 0.1) is 0 Å². The van der Waals surface area contributed by atoms with Gasteiger partial charge in [0, 0.05) is 6.54 Å². The molecule has 1 rings (SSSR count). The van der Waals surface area contributed by atoms with Gasteiger partial charge in [-0.05, 0) is 90.1 Å². The maximum atomic E-state index is 5.57. The molecule has 1 aromatic rings. The number of benzene rings is 1. The molecule has 7 heteroatoms. The molecule has 1 aromatic carbocycles. The van der Waals surface area contributed by atoms with Crippen LogP contribution in [-0.4, -0.2) is 38.7 Å². The minimum Gasteiger partial charge on any atom is -0.492 e. The second-order valence-electron chi connectivity index (χ2n) is 4.66. The van der Waals surface area contributed by atoms with Crippen LogP contribution in [-0.2, 0) is 6.54 Å². The third-order valence-corrected chi connectivity index (χ3v) is 3.81. The lowest BCUT2D eigenvalue weighted by atomic mass is 10.2. The van der Waals surface area contributed by atoms with Crippen LogP contribution >= 0.6 is 56.7 Å². The summed E-state index contributed by atoms with van der Waals surface area (Å²) in [5.74, 6) is 0.874. The van der Waals surface area contributed by atoms with E-state index in [-0.39, 0.29) is 24.8 Å². The molecule has 0 aromatic heterocycles. The van der Waals surface area contributed by atoms with Crippen LogP contribution in [0.5, 0.6) is 5.75 Å². The van der Waals surface area contributed by atoms with Gasteiger partial charge in [-0.15, -0.1) is 24.8 Å². The highest BCUT2D eigenvalue weighted by Gasteiger charge is 2.08. The molecule has 0 fully saturated rings. The Labute approximate surface area is 157 Å². The maximum Gasteiger partial charge on any atom is 0.147 e. The molecule has 0 spiro atoms. The van der Waals surface area contributed by atoms with E-state index in [2.05, 4.69) is 68.3 Å². The van der Waals surface area contributed by atoms with Crippen LogP contribution in [0.1, 0.15) is 18.9 Å². The van der Waals surface area contributed by atoms with Crippen LogP contribution in [0.2, 0.25) is 0 Å². The van der Waals surface area contributed by atoms with Crippen molar-refractivity contribution >= 4 is 56.7 Å². The van der Waals surface area contributed by atoms with E-state index in [0.29, 0.717) is 6.61 Å². The van der Waals surface area contributed by atoms with Crippen molar-refractivity contribution in [2.24, 2.45) is 0 Å². The summed E-state index contributed by atoms with van der Waals surface area (Å²) in [5.41, 5.74) is 1.24. The standard InChI is InChI=1S/C14H22Br2N2O.2ClH/c1-4-19-14-12(15)8-11(9-13(14)16)10-17-6-5-7-18(2)3;;/h8-9,17H,4-7,10H2,1-3H3;2*1H. The van der Waals surface area contributed by atoms with E-state index in [0.717, 1.165) is 40.8 Å². The van der Waals surface area contributed by atoms with Crippen LogP contribution in [0.4, 0.5) is 0 Å². The Morgan fingerprint density at radius 3 is 2.19 bits per heavy atom. The highest BCUT2D eigenvalue weighted by Crippen LogP contribution is 2.34. The van der Waals surface area contributed by atoms with Crippen molar-refractivity contribution in [2.45, 2.75) is 19.9 Å². The van der Waals surface area contributed by atoms with Crippen molar-refractivity contribution in [1.82, 2.24) is 10.2 Å². The Bertz CT molecular complexity index is 384. The minimum absolute atomic E-state index is 0. The van der Waals surface area contributed by atoms with Crippen molar-refractivity contribution < 1.29 is 4.74 Å². The van der Waals surface area contributed by atoms with Crippen LogP contribution < -0.4 is 10.1 Å². The number of nitrogens with zero attached hydrogens (tertiary/aromatic N) is 1. The largest absolute Gasteiger partial charge is 0.492 e. The van der Waals surface area contributed by atoms with Crippen LogP contribution in [0.25, 0.3) is 0 Å². The van der Waals surface area contributed by atoms with Gasteiger partial charge in [0.2, 0.25) is 0 Å². The number of hydrogen-bond donors (Lipinski definition) is 1. The molecule has 3 nitrogen and oxygen atoms in total. The highest BCUT2D eigenvalue weighted by atomic mass is 79.9. The van der Waals surface area contributed by atoms with E-state index < -0.39 is 0 Å². The number of nitrogens with one attached hydrogen (secondary N) is 1. The Hall–Kier alpha value is 0.480. The van der Waals surface area contributed by atoms with Crippen molar-refractivity contribution in [1.29, 1.82) is 0 Å². The molecule has 0 atom stereocenters. The topological polar surface area (TPSA) is 24.5 Å². The van der Waals surface area contributed by atoms with E-state index in [9.17, 15) is 0 Å². The molecule has 0 heterocycles. The van der Waals surface area contributed by atoms with Gasteiger partial charge in [-0.25, -0.2) is 0 Å². The van der Waals surface area contributed by atoms with E-state index in [1.807, 2.05) is 6.92 Å². The van der Waals surface area contributed by atoms with Gasteiger partial charge in [0.1, 0.15) is 5.75 Å². The average Bonchev–Trinajstić information content (AvgIpc) is 2.33. The lowest BCUT2D eigenvalue weighted by Crippen LogP contribution is -2.21. The fraction of sp³-hybridized carbons (Fsp3) is 0.571. The molecule has 0 amide bonds. The molecule has 0 aliphatic heterocycles. The Kier molecular flexibility index (Phi) is 14.7. The summed E-state index contributed by atoms with van der Waals surface area (Å²) in [6.45, 7) is 5.67. The molecule has 0 unspecified atom stereocenters. The van der Waals surface area contributed by atoms with Gasteiger partial charge in [-0.3, -0.25) is 0 Å². The van der Waals surface area contributed by atoms with E-state index in [1.54, 1.807) is 0 Å². The number of ether oxygens (including phenoxy) is 1. The first-order valence-electron chi connectivity index (χ1n) is 6.50. The quantitative estimate of drug-likeness (QED) is 0.571. The fourth-order valence-electron chi connectivity index (χ4n) is 1.75. The second-order valence-corrected chi connectivity index (χ2v) is 6.36. The van der Waals surface area contributed by atoms with E-state index >= 15 is 0 Å². The SMILES string of the molecule is CCOc1c(Br)cc(CNCCCN(C)C)cc1Br.Cl.Cl. The first-order valence-corrected chi connectivity index (χ1v) is 8.09. The summed E-state index contributed by atoms with van der Waals surface area (Å²) in [4.78, 5) is 2.20. The summed E-state index contributed by atoms with van der Waals surface area (Å²) >= 11 is 7.10. The zero-order valence-electron chi connectivity index (χ0n) is 12.6. The van der Waals surface area contributed by atoms with Crippen LogP contribution in [0.3, 0.4) is 0 Å². The molecule has 124 valence electrons. The van der Waals surface area contributed by atoms with Gasteiger partial charge < -0.3 is 15.0 Å². The highest BCUT2D eigenvalue weighted by molar-refractivity contribution is 9.11. The van der Waals surface area contributed by atoms with Gasteiger partial charge in [0.25, 0.3) is 0 Å². The molecular weight excluding hydrogens is 443 g/mol. The molecule has 0 saturated carbocycles. The van der Waals surface area contributed by atoms with Gasteiger partial charge in [0.05, 0.1) is 15.6 Å². The normalized spacial score (nSPS) is 10.0. The number of hydrogen-bond acceptors (Lipinski definition) is 3. The third kappa shape index (κ3) is 9.26. The lowest BCUT2D eigenvalue weighted by molar-refractivity contribution is 0.336. The Balaban J connectivity index is 0. The summed E-state index contributed by atoms with van der Waals surface area (Å²) in [7, 11) is 4.20. The molecule has 0 bridgehead atoms. The molecule has 0 saturated heterocycles. The summed E-state index contributed by atoms with van der Waals surface area (Å²) in [6.07, 6.45) is 1.16. The van der Waals surface area contributed by atoms with Crippen molar-refractivity contribution in [3.8, 4) is 5.75 Å².